The number of hydrogen-bond donors (Lipinski definition) is 4. The van der Waals surface area contributed by atoms with Crippen molar-refractivity contribution >= 4 is 30.0 Å². The third-order valence-corrected chi connectivity index (χ3v) is 2.89. The Balaban J connectivity index is 0.00000361. The number of nitrogens with one attached hydrogen (secondary N) is 2. The molecule has 0 spiro atoms. The summed E-state index contributed by atoms with van der Waals surface area (Å²) in [5, 5.41) is 5.27. The van der Waals surface area contributed by atoms with Gasteiger partial charge in [0.2, 0.25) is 5.91 Å². The van der Waals surface area contributed by atoms with Crippen molar-refractivity contribution in [3.8, 4) is 0 Å². The summed E-state index contributed by atoms with van der Waals surface area (Å²) in [4.78, 5) is 22.4. The molecular formula is C13H21ClN4O2. The molecule has 2 unspecified atom stereocenters. The minimum Gasteiger partial charge on any atom is -0.352 e. The summed E-state index contributed by atoms with van der Waals surface area (Å²) in [6.45, 7) is 3.94. The molecule has 20 heavy (non-hydrogen) atoms. The van der Waals surface area contributed by atoms with Crippen LogP contribution in [0.4, 0.5) is 10.5 Å². The number of amides is 3. The summed E-state index contributed by atoms with van der Waals surface area (Å²) in [5.74, 6) is -0.366. The van der Waals surface area contributed by atoms with Crippen LogP contribution in [0.2, 0.25) is 0 Å². The first-order chi connectivity index (χ1) is 8.90. The number of carbonyl (C=O) groups excluding carboxylic acids is 2. The number of hydrogen-bond acceptors (Lipinski definition) is 3. The zero-order valence-electron chi connectivity index (χ0n) is 11.6. The molecule has 6 nitrogen and oxygen atoms in total. The molecule has 0 aliphatic carbocycles. The van der Waals surface area contributed by atoms with E-state index in [2.05, 4.69) is 10.6 Å². The Hall–Kier alpha value is -1.79. The van der Waals surface area contributed by atoms with Gasteiger partial charge in [-0.3, -0.25) is 4.79 Å². The van der Waals surface area contributed by atoms with E-state index in [4.69, 9.17) is 11.5 Å². The van der Waals surface area contributed by atoms with E-state index in [-0.39, 0.29) is 30.3 Å². The van der Waals surface area contributed by atoms with Gasteiger partial charge >= 0.3 is 6.03 Å². The molecular weight excluding hydrogens is 280 g/mol. The first-order valence-corrected chi connectivity index (χ1v) is 6.09. The normalized spacial score (nSPS) is 12.8. The fraction of sp³-hybridized carbons (Fsp3) is 0.385. The highest BCUT2D eigenvalue weighted by Gasteiger charge is 2.16. The summed E-state index contributed by atoms with van der Waals surface area (Å²) in [5.41, 5.74) is 12.2. The van der Waals surface area contributed by atoms with Crippen molar-refractivity contribution in [1.29, 1.82) is 0 Å². The molecule has 2 atom stereocenters. The lowest BCUT2D eigenvalue weighted by Crippen LogP contribution is -2.34. The molecule has 0 saturated carbocycles. The molecule has 0 aliphatic rings. The maximum absolute atomic E-state index is 11.8. The number of urea groups is 1. The van der Waals surface area contributed by atoms with Crippen molar-refractivity contribution in [3.05, 3.63) is 29.8 Å². The molecule has 1 aromatic carbocycles. The number of rotatable bonds is 5. The van der Waals surface area contributed by atoms with Crippen LogP contribution in [-0.2, 0) is 11.3 Å². The average Bonchev–Trinajstić information content (AvgIpc) is 2.36. The Kier molecular flexibility index (Phi) is 7.64. The predicted molar refractivity (Wildman–Crippen MR) is 81.6 cm³/mol. The van der Waals surface area contributed by atoms with Gasteiger partial charge in [0.15, 0.2) is 0 Å². The van der Waals surface area contributed by atoms with Crippen LogP contribution in [-0.4, -0.2) is 18.0 Å². The van der Waals surface area contributed by atoms with E-state index in [1.165, 1.54) is 0 Å². The molecule has 0 radical (unpaired) electrons. The Bertz CT molecular complexity index is 448. The number of anilines is 1. The lowest BCUT2D eigenvalue weighted by molar-refractivity contribution is -0.119. The van der Waals surface area contributed by atoms with Gasteiger partial charge in [-0.2, -0.15) is 0 Å². The first-order valence-electron chi connectivity index (χ1n) is 6.09. The van der Waals surface area contributed by atoms with Crippen molar-refractivity contribution in [2.75, 3.05) is 5.32 Å². The Morgan fingerprint density at radius 2 is 1.75 bits per heavy atom. The largest absolute Gasteiger partial charge is 0.352 e. The summed E-state index contributed by atoms with van der Waals surface area (Å²) in [7, 11) is 0. The Labute approximate surface area is 124 Å². The number of benzene rings is 1. The highest BCUT2D eigenvalue weighted by Crippen LogP contribution is 2.11. The van der Waals surface area contributed by atoms with Crippen LogP contribution in [0.25, 0.3) is 0 Å². The van der Waals surface area contributed by atoms with Gasteiger partial charge in [-0.1, -0.05) is 19.1 Å². The molecule has 6 N–H and O–H groups in total. The van der Waals surface area contributed by atoms with E-state index in [0.717, 1.165) is 5.56 Å². The van der Waals surface area contributed by atoms with Crippen LogP contribution in [0, 0.1) is 5.92 Å². The SMILES string of the molecule is CC(N)C(C)C(=O)Nc1ccc(CNC(N)=O)cc1.Cl. The monoisotopic (exact) mass is 300 g/mol. The highest BCUT2D eigenvalue weighted by atomic mass is 35.5. The minimum absolute atomic E-state index is 0. The highest BCUT2D eigenvalue weighted by molar-refractivity contribution is 5.92. The maximum atomic E-state index is 11.8. The van der Waals surface area contributed by atoms with Gasteiger partial charge in [0.05, 0.1) is 5.92 Å². The zero-order valence-corrected chi connectivity index (χ0v) is 12.4. The minimum atomic E-state index is -0.567. The molecule has 112 valence electrons. The number of halogens is 1. The van der Waals surface area contributed by atoms with E-state index in [1.807, 2.05) is 12.1 Å². The second-order valence-electron chi connectivity index (χ2n) is 4.55. The molecule has 7 heteroatoms. The Morgan fingerprint density at radius 1 is 1.20 bits per heavy atom. The van der Waals surface area contributed by atoms with E-state index in [0.29, 0.717) is 12.2 Å². The van der Waals surface area contributed by atoms with Crippen LogP contribution in [0.5, 0.6) is 0 Å². The third-order valence-electron chi connectivity index (χ3n) is 2.89. The maximum Gasteiger partial charge on any atom is 0.312 e. The summed E-state index contributed by atoms with van der Waals surface area (Å²) in [6.07, 6.45) is 0. The van der Waals surface area contributed by atoms with E-state index in [9.17, 15) is 9.59 Å². The predicted octanol–water partition coefficient (Wildman–Crippen LogP) is 1.20. The molecule has 1 rings (SSSR count). The first kappa shape index (κ1) is 18.2. The quantitative estimate of drug-likeness (QED) is 0.655. The van der Waals surface area contributed by atoms with Crippen molar-refractivity contribution < 1.29 is 9.59 Å². The van der Waals surface area contributed by atoms with Gasteiger partial charge in [-0.05, 0) is 24.6 Å². The topological polar surface area (TPSA) is 110 Å². The van der Waals surface area contributed by atoms with Crippen LogP contribution in [0.1, 0.15) is 19.4 Å². The van der Waals surface area contributed by atoms with E-state index < -0.39 is 6.03 Å². The van der Waals surface area contributed by atoms with Crippen molar-refractivity contribution in [3.63, 3.8) is 0 Å². The van der Waals surface area contributed by atoms with Crippen LogP contribution >= 0.6 is 12.4 Å². The smallest absolute Gasteiger partial charge is 0.312 e. The fourth-order valence-electron chi connectivity index (χ4n) is 1.39. The molecule has 0 aliphatic heterocycles. The van der Waals surface area contributed by atoms with Gasteiger partial charge < -0.3 is 22.1 Å². The van der Waals surface area contributed by atoms with E-state index >= 15 is 0 Å². The average molecular weight is 301 g/mol. The van der Waals surface area contributed by atoms with E-state index in [1.54, 1.807) is 26.0 Å². The summed E-state index contributed by atoms with van der Waals surface area (Å²) >= 11 is 0. The third kappa shape index (κ3) is 5.90. The van der Waals surface area contributed by atoms with Crippen LogP contribution < -0.4 is 22.1 Å². The fourth-order valence-corrected chi connectivity index (χ4v) is 1.39. The van der Waals surface area contributed by atoms with Gasteiger partial charge in [0, 0.05) is 18.3 Å². The second kappa shape index (κ2) is 8.39. The molecule has 0 saturated heterocycles. The van der Waals surface area contributed by atoms with Crippen molar-refractivity contribution in [2.24, 2.45) is 17.4 Å². The lowest BCUT2D eigenvalue weighted by atomic mass is 10.0. The zero-order chi connectivity index (χ0) is 14.4. The van der Waals surface area contributed by atoms with Crippen LogP contribution in [0.15, 0.2) is 24.3 Å². The summed E-state index contributed by atoms with van der Waals surface area (Å²) in [6, 6.07) is 6.39. The number of nitrogens with two attached hydrogens (primary N) is 2. The lowest BCUT2D eigenvalue weighted by Gasteiger charge is -2.15. The standard InChI is InChI=1S/C13H20N4O2.ClH/c1-8(9(2)14)12(18)17-11-5-3-10(4-6-11)7-16-13(15)19;/h3-6,8-9H,7,14H2,1-2H3,(H,17,18)(H3,15,16,19);1H. The number of carbonyl (C=O) groups is 2. The Morgan fingerprint density at radius 3 is 2.20 bits per heavy atom. The van der Waals surface area contributed by atoms with Crippen molar-refractivity contribution in [1.82, 2.24) is 5.32 Å². The summed E-state index contributed by atoms with van der Waals surface area (Å²) < 4.78 is 0. The molecule has 0 fully saturated rings. The van der Waals surface area contributed by atoms with Gasteiger partial charge in [-0.15, -0.1) is 12.4 Å². The van der Waals surface area contributed by atoms with Gasteiger partial charge in [0.1, 0.15) is 0 Å². The molecule has 0 aromatic heterocycles. The van der Waals surface area contributed by atoms with Crippen LogP contribution in [0.3, 0.4) is 0 Å². The molecule has 1 aromatic rings. The molecule has 0 heterocycles. The van der Waals surface area contributed by atoms with Gasteiger partial charge in [0.25, 0.3) is 0 Å². The van der Waals surface area contributed by atoms with Crippen molar-refractivity contribution in [2.45, 2.75) is 26.4 Å². The molecule has 0 bridgehead atoms. The number of primary amides is 1. The van der Waals surface area contributed by atoms with Gasteiger partial charge in [-0.25, -0.2) is 4.79 Å². The second-order valence-corrected chi connectivity index (χ2v) is 4.55. The molecule has 3 amide bonds.